The zero-order valence-corrected chi connectivity index (χ0v) is 13.7. The Kier molecular flexibility index (Phi) is 7.32. The average molecular weight is 281 g/mol. The summed E-state index contributed by atoms with van der Waals surface area (Å²) < 4.78 is 0. The van der Waals surface area contributed by atoms with Gasteiger partial charge in [0.1, 0.15) is 0 Å². The first-order valence-corrected chi connectivity index (χ1v) is 8.84. The predicted molar refractivity (Wildman–Crippen MR) is 87.2 cm³/mol. The van der Waals surface area contributed by atoms with Gasteiger partial charge in [-0.25, -0.2) is 0 Å². The van der Waals surface area contributed by atoms with Crippen molar-refractivity contribution in [2.75, 3.05) is 46.8 Å². The topological polar surface area (TPSA) is 18.5 Å². The Morgan fingerprint density at radius 3 is 2.45 bits per heavy atom. The van der Waals surface area contributed by atoms with E-state index in [0.717, 1.165) is 12.0 Å². The molecule has 0 bridgehead atoms. The Labute approximate surface area is 126 Å². The van der Waals surface area contributed by atoms with Crippen LogP contribution in [0.2, 0.25) is 0 Å². The SMILES string of the molecule is CN1CCC(CN(C)CCCNC2CCCCC2)CC1. The van der Waals surface area contributed by atoms with Crippen LogP contribution in [0.5, 0.6) is 0 Å². The van der Waals surface area contributed by atoms with E-state index >= 15 is 0 Å². The predicted octanol–water partition coefficient (Wildman–Crippen LogP) is 2.57. The molecule has 0 aromatic carbocycles. The molecule has 20 heavy (non-hydrogen) atoms. The Morgan fingerprint density at radius 2 is 1.75 bits per heavy atom. The highest BCUT2D eigenvalue weighted by Crippen LogP contribution is 2.18. The lowest BCUT2D eigenvalue weighted by molar-refractivity contribution is 0.175. The minimum atomic E-state index is 0.822. The minimum absolute atomic E-state index is 0.822. The van der Waals surface area contributed by atoms with E-state index < -0.39 is 0 Å². The van der Waals surface area contributed by atoms with Crippen LogP contribution in [0.15, 0.2) is 0 Å². The fourth-order valence-corrected chi connectivity index (χ4v) is 3.74. The van der Waals surface area contributed by atoms with E-state index in [1.54, 1.807) is 0 Å². The first-order chi connectivity index (χ1) is 9.74. The third-order valence-corrected chi connectivity index (χ3v) is 5.16. The molecule has 118 valence electrons. The van der Waals surface area contributed by atoms with Crippen molar-refractivity contribution in [2.24, 2.45) is 5.92 Å². The lowest BCUT2D eigenvalue weighted by Gasteiger charge is -2.31. The molecule has 1 heterocycles. The van der Waals surface area contributed by atoms with Crippen LogP contribution in [-0.2, 0) is 0 Å². The highest BCUT2D eigenvalue weighted by Gasteiger charge is 2.18. The number of hydrogen-bond acceptors (Lipinski definition) is 3. The summed E-state index contributed by atoms with van der Waals surface area (Å²) in [6.07, 6.45) is 11.2. The van der Waals surface area contributed by atoms with Gasteiger partial charge in [-0.15, -0.1) is 0 Å². The highest BCUT2D eigenvalue weighted by atomic mass is 15.1. The van der Waals surface area contributed by atoms with Gasteiger partial charge < -0.3 is 15.1 Å². The van der Waals surface area contributed by atoms with E-state index in [0.29, 0.717) is 0 Å². The second-order valence-corrected chi connectivity index (χ2v) is 7.15. The van der Waals surface area contributed by atoms with Crippen LogP contribution in [0.3, 0.4) is 0 Å². The summed E-state index contributed by atoms with van der Waals surface area (Å²) in [7, 11) is 4.55. The van der Waals surface area contributed by atoms with Gasteiger partial charge in [0.05, 0.1) is 0 Å². The van der Waals surface area contributed by atoms with E-state index in [1.807, 2.05) is 0 Å². The lowest BCUT2D eigenvalue weighted by Crippen LogP contribution is -2.37. The number of piperidine rings is 1. The molecule has 0 atom stereocenters. The largest absolute Gasteiger partial charge is 0.314 e. The molecule has 2 aliphatic rings. The van der Waals surface area contributed by atoms with E-state index in [4.69, 9.17) is 0 Å². The van der Waals surface area contributed by atoms with Gasteiger partial charge in [0.25, 0.3) is 0 Å². The van der Waals surface area contributed by atoms with E-state index in [9.17, 15) is 0 Å². The summed E-state index contributed by atoms with van der Waals surface area (Å²) in [6, 6.07) is 0.822. The van der Waals surface area contributed by atoms with Gasteiger partial charge in [0.2, 0.25) is 0 Å². The molecule has 0 radical (unpaired) electrons. The number of nitrogens with zero attached hydrogens (tertiary/aromatic N) is 2. The minimum Gasteiger partial charge on any atom is -0.314 e. The summed E-state index contributed by atoms with van der Waals surface area (Å²) in [6.45, 7) is 6.36. The van der Waals surface area contributed by atoms with Crippen molar-refractivity contribution in [3.63, 3.8) is 0 Å². The third-order valence-electron chi connectivity index (χ3n) is 5.16. The first kappa shape index (κ1) is 16.3. The molecule has 1 saturated heterocycles. The van der Waals surface area contributed by atoms with Crippen molar-refractivity contribution < 1.29 is 0 Å². The van der Waals surface area contributed by atoms with E-state index in [2.05, 4.69) is 29.2 Å². The molecule has 0 amide bonds. The number of nitrogens with one attached hydrogen (secondary N) is 1. The monoisotopic (exact) mass is 281 g/mol. The Morgan fingerprint density at radius 1 is 1.05 bits per heavy atom. The fourth-order valence-electron chi connectivity index (χ4n) is 3.74. The molecule has 3 heteroatoms. The summed E-state index contributed by atoms with van der Waals surface area (Å²) in [5, 5.41) is 3.75. The van der Waals surface area contributed by atoms with Crippen LogP contribution < -0.4 is 5.32 Å². The van der Waals surface area contributed by atoms with Crippen molar-refractivity contribution in [1.82, 2.24) is 15.1 Å². The van der Waals surface area contributed by atoms with Crippen molar-refractivity contribution in [2.45, 2.75) is 57.4 Å². The maximum Gasteiger partial charge on any atom is 0.00670 e. The van der Waals surface area contributed by atoms with Gasteiger partial charge in [0.15, 0.2) is 0 Å². The van der Waals surface area contributed by atoms with Crippen LogP contribution in [0, 0.1) is 5.92 Å². The average Bonchev–Trinajstić information content (AvgIpc) is 2.47. The second-order valence-electron chi connectivity index (χ2n) is 7.15. The zero-order chi connectivity index (χ0) is 14.2. The first-order valence-electron chi connectivity index (χ1n) is 8.84. The Balaban J connectivity index is 1.48. The molecule has 1 aliphatic heterocycles. The van der Waals surface area contributed by atoms with Crippen molar-refractivity contribution >= 4 is 0 Å². The highest BCUT2D eigenvalue weighted by molar-refractivity contribution is 4.74. The van der Waals surface area contributed by atoms with Gasteiger partial charge >= 0.3 is 0 Å². The molecule has 1 saturated carbocycles. The standard InChI is InChI=1S/C17H35N3/c1-19-13-9-16(10-14-19)15-20(2)12-6-11-18-17-7-4-3-5-8-17/h16-18H,3-15H2,1-2H3. The van der Waals surface area contributed by atoms with Crippen LogP contribution >= 0.6 is 0 Å². The van der Waals surface area contributed by atoms with Gasteiger partial charge in [-0.2, -0.15) is 0 Å². The van der Waals surface area contributed by atoms with E-state index in [1.165, 1.54) is 84.1 Å². The van der Waals surface area contributed by atoms with Crippen molar-refractivity contribution in [3.05, 3.63) is 0 Å². The molecule has 1 N–H and O–H groups in total. The molecular formula is C17H35N3. The van der Waals surface area contributed by atoms with Crippen molar-refractivity contribution in [1.29, 1.82) is 0 Å². The van der Waals surface area contributed by atoms with Crippen LogP contribution in [0.25, 0.3) is 0 Å². The maximum atomic E-state index is 3.75. The number of likely N-dealkylation sites (tertiary alicyclic amines) is 1. The third kappa shape index (κ3) is 6.11. The number of hydrogen-bond donors (Lipinski definition) is 1. The van der Waals surface area contributed by atoms with E-state index in [-0.39, 0.29) is 0 Å². The molecule has 3 nitrogen and oxygen atoms in total. The van der Waals surface area contributed by atoms with Crippen LogP contribution in [-0.4, -0.2) is 62.7 Å². The summed E-state index contributed by atoms with van der Waals surface area (Å²) >= 11 is 0. The summed E-state index contributed by atoms with van der Waals surface area (Å²) in [5.74, 6) is 0.933. The van der Waals surface area contributed by atoms with Gasteiger partial charge in [-0.05, 0) is 78.3 Å². The second kappa shape index (κ2) is 9.01. The molecule has 0 unspecified atom stereocenters. The van der Waals surface area contributed by atoms with Crippen LogP contribution in [0.1, 0.15) is 51.4 Å². The molecule has 0 aromatic rings. The molecule has 2 fully saturated rings. The van der Waals surface area contributed by atoms with Gasteiger partial charge in [-0.1, -0.05) is 19.3 Å². The normalized spacial score (nSPS) is 23.6. The molecular weight excluding hydrogens is 246 g/mol. The molecule has 0 spiro atoms. The van der Waals surface area contributed by atoms with Gasteiger partial charge in [0, 0.05) is 12.6 Å². The molecule has 1 aliphatic carbocycles. The zero-order valence-electron chi connectivity index (χ0n) is 13.7. The maximum absolute atomic E-state index is 3.75. The fraction of sp³-hybridized carbons (Fsp3) is 1.00. The molecule has 2 rings (SSSR count). The quantitative estimate of drug-likeness (QED) is 0.724. The molecule has 0 aromatic heterocycles. The summed E-state index contributed by atoms with van der Waals surface area (Å²) in [4.78, 5) is 5.02. The Hall–Kier alpha value is -0.120. The van der Waals surface area contributed by atoms with Crippen molar-refractivity contribution in [3.8, 4) is 0 Å². The summed E-state index contributed by atoms with van der Waals surface area (Å²) in [5.41, 5.74) is 0. The number of rotatable bonds is 7. The smallest absolute Gasteiger partial charge is 0.00670 e. The Bertz CT molecular complexity index is 243. The lowest BCUT2D eigenvalue weighted by atomic mass is 9.95. The van der Waals surface area contributed by atoms with Gasteiger partial charge in [-0.3, -0.25) is 0 Å². The van der Waals surface area contributed by atoms with Crippen LogP contribution in [0.4, 0.5) is 0 Å².